The van der Waals surface area contributed by atoms with Crippen LogP contribution in [0, 0.1) is 13.8 Å². The van der Waals surface area contributed by atoms with Crippen LogP contribution in [0.3, 0.4) is 0 Å². The van der Waals surface area contributed by atoms with Gasteiger partial charge in [-0.3, -0.25) is 9.59 Å². The number of benzene rings is 1. The Hall–Kier alpha value is -1.68. The molecule has 0 aromatic heterocycles. The van der Waals surface area contributed by atoms with Gasteiger partial charge in [-0.2, -0.15) is 0 Å². The Kier molecular flexibility index (Phi) is 6.39. The summed E-state index contributed by atoms with van der Waals surface area (Å²) in [6, 6.07) is 5.89. The number of aryl methyl sites for hydroxylation is 2. The molecule has 1 amide bonds. The van der Waals surface area contributed by atoms with Crippen LogP contribution in [0.15, 0.2) is 18.2 Å². The lowest BCUT2D eigenvalue weighted by Crippen LogP contribution is -2.37. The molecule has 1 rings (SSSR count). The summed E-state index contributed by atoms with van der Waals surface area (Å²) in [6.45, 7) is 6.56. The van der Waals surface area contributed by atoms with Crippen LogP contribution < -0.4 is 10.6 Å². The average molecular weight is 276 g/mol. The van der Waals surface area contributed by atoms with Crippen molar-refractivity contribution >= 4 is 11.7 Å². The number of Topliss-reactive ketones (excluding diaryl/α,β-unsaturated/α-hetero) is 1. The number of nitrogens with one attached hydrogen (secondary N) is 2. The minimum atomic E-state index is -0.0794. The Morgan fingerprint density at radius 3 is 2.45 bits per heavy atom. The zero-order valence-corrected chi connectivity index (χ0v) is 12.7. The second-order valence-corrected chi connectivity index (χ2v) is 5.22. The van der Waals surface area contributed by atoms with Gasteiger partial charge in [0.15, 0.2) is 5.78 Å². The van der Waals surface area contributed by atoms with Gasteiger partial charge in [-0.05, 0) is 45.0 Å². The van der Waals surface area contributed by atoms with Crippen molar-refractivity contribution in [1.82, 2.24) is 10.6 Å². The zero-order valence-electron chi connectivity index (χ0n) is 12.7. The average Bonchev–Trinajstić information content (AvgIpc) is 2.44. The fourth-order valence-corrected chi connectivity index (χ4v) is 1.74. The van der Waals surface area contributed by atoms with Crippen LogP contribution >= 0.6 is 0 Å². The third-order valence-electron chi connectivity index (χ3n) is 3.51. The maximum atomic E-state index is 12.0. The van der Waals surface area contributed by atoms with Crippen molar-refractivity contribution in [2.45, 2.75) is 39.7 Å². The molecule has 0 spiro atoms. The highest BCUT2D eigenvalue weighted by Crippen LogP contribution is 2.12. The van der Waals surface area contributed by atoms with Crippen molar-refractivity contribution in [2.24, 2.45) is 0 Å². The molecule has 0 aliphatic heterocycles. The molecule has 20 heavy (non-hydrogen) atoms. The summed E-state index contributed by atoms with van der Waals surface area (Å²) in [5.41, 5.74) is 2.95. The Labute approximate surface area is 121 Å². The standard InChI is InChI=1S/C16H24N2O2/c1-11-5-6-14(9-12(11)2)15(19)7-8-16(20)18-10-13(3)17-4/h5-6,9,13,17H,7-8,10H2,1-4H3,(H,18,20). The lowest BCUT2D eigenvalue weighted by molar-refractivity contribution is -0.121. The van der Waals surface area contributed by atoms with E-state index in [0.29, 0.717) is 12.1 Å². The van der Waals surface area contributed by atoms with E-state index < -0.39 is 0 Å². The van der Waals surface area contributed by atoms with Crippen LogP contribution in [-0.4, -0.2) is 31.3 Å². The second kappa shape index (κ2) is 7.80. The number of likely N-dealkylation sites (N-methyl/N-ethyl adjacent to an activating group) is 1. The molecule has 1 aromatic carbocycles. The summed E-state index contributed by atoms with van der Waals surface area (Å²) in [5.74, 6) is -0.0609. The predicted molar refractivity (Wildman–Crippen MR) is 81.0 cm³/mol. The van der Waals surface area contributed by atoms with Gasteiger partial charge in [-0.1, -0.05) is 12.1 Å². The monoisotopic (exact) mass is 276 g/mol. The van der Waals surface area contributed by atoms with Crippen molar-refractivity contribution in [3.63, 3.8) is 0 Å². The molecule has 1 atom stereocenters. The smallest absolute Gasteiger partial charge is 0.220 e. The van der Waals surface area contributed by atoms with Gasteiger partial charge in [0.05, 0.1) is 0 Å². The SMILES string of the molecule is CNC(C)CNC(=O)CCC(=O)c1ccc(C)c(C)c1. The summed E-state index contributed by atoms with van der Waals surface area (Å²) in [4.78, 5) is 23.6. The zero-order chi connectivity index (χ0) is 15.1. The Bertz CT molecular complexity index is 483. The second-order valence-electron chi connectivity index (χ2n) is 5.22. The minimum Gasteiger partial charge on any atom is -0.355 e. The summed E-state index contributed by atoms with van der Waals surface area (Å²) in [5, 5.41) is 5.85. The fourth-order valence-electron chi connectivity index (χ4n) is 1.74. The lowest BCUT2D eigenvalue weighted by atomic mass is 10.0. The molecule has 1 unspecified atom stereocenters. The molecule has 0 saturated heterocycles. The van der Waals surface area contributed by atoms with E-state index in [4.69, 9.17) is 0 Å². The van der Waals surface area contributed by atoms with E-state index in [1.807, 2.05) is 46.0 Å². The highest BCUT2D eigenvalue weighted by molar-refractivity contribution is 5.98. The quantitative estimate of drug-likeness (QED) is 0.749. The van der Waals surface area contributed by atoms with Gasteiger partial charge in [0, 0.05) is 31.0 Å². The largest absolute Gasteiger partial charge is 0.355 e. The topological polar surface area (TPSA) is 58.2 Å². The predicted octanol–water partition coefficient (Wildman–Crippen LogP) is 1.99. The summed E-state index contributed by atoms with van der Waals surface area (Å²) in [7, 11) is 1.85. The van der Waals surface area contributed by atoms with Crippen LogP contribution in [0.2, 0.25) is 0 Å². The van der Waals surface area contributed by atoms with Gasteiger partial charge < -0.3 is 10.6 Å². The number of hydrogen-bond donors (Lipinski definition) is 2. The van der Waals surface area contributed by atoms with Crippen molar-refractivity contribution in [1.29, 1.82) is 0 Å². The van der Waals surface area contributed by atoms with E-state index in [1.165, 1.54) is 5.56 Å². The van der Waals surface area contributed by atoms with Gasteiger partial charge in [0.2, 0.25) is 5.91 Å². The molecule has 4 nitrogen and oxygen atoms in total. The molecular formula is C16H24N2O2. The molecule has 0 saturated carbocycles. The molecule has 0 bridgehead atoms. The highest BCUT2D eigenvalue weighted by Gasteiger charge is 2.10. The van der Waals surface area contributed by atoms with Gasteiger partial charge in [-0.15, -0.1) is 0 Å². The molecule has 0 fully saturated rings. The highest BCUT2D eigenvalue weighted by atomic mass is 16.2. The number of amides is 1. The van der Waals surface area contributed by atoms with E-state index >= 15 is 0 Å². The lowest BCUT2D eigenvalue weighted by Gasteiger charge is -2.11. The maximum absolute atomic E-state index is 12.0. The van der Waals surface area contributed by atoms with Crippen molar-refractivity contribution < 1.29 is 9.59 Å². The van der Waals surface area contributed by atoms with Gasteiger partial charge >= 0.3 is 0 Å². The van der Waals surface area contributed by atoms with Gasteiger partial charge in [0.1, 0.15) is 0 Å². The molecule has 0 aliphatic carbocycles. The molecule has 0 radical (unpaired) electrons. The Morgan fingerprint density at radius 2 is 1.85 bits per heavy atom. The first-order chi connectivity index (χ1) is 9.43. The maximum Gasteiger partial charge on any atom is 0.220 e. The van der Waals surface area contributed by atoms with Crippen molar-refractivity contribution in [3.8, 4) is 0 Å². The summed E-state index contributed by atoms with van der Waals surface area (Å²) < 4.78 is 0. The summed E-state index contributed by atoms with van der Waals surface area (Å²) >= 11 is 0. The first-order valence-corrected chi connectivity index (χ1v) is 6.98. The first kappa shape index (κ1) is 16.4. The summed E-state index contributed by atoms with van der Waals surface area (Å²) in [6.07, 6.45) is 0.491. The van der Waals surface area contributed by atoms with E-state index in [0.717, 1.165) is 5.56 Å². The molecule has 4 heteroatoms. The first-order valence-electron chi connectivity index (χ1n) is 6.98. The Balaban J connectivity index is 2.43. The van der Waals surface area contributed by atoms with Gasteiger partial charge in [-0.25, -0.2) is 0 Å². The molecule has 0 aliphatic rings. The number of carbonyl (C=O) groups excluding carboxylic acids is 2. The Morgan fingerprint density at radius 1 is 1.15 bits per heavy atom. The molecular weight excluding hydrogens is 252 g/mol. The number of carbonyl (C=O) groups is 2. The molecule has 110 valence electrons. The number of ketones is 1. The van der Waals surface area contributed by atoms with Crippen molar-refractivity contribution in [3.05, 3.63) is 34.9 Å². The van der Waals surface area contributed by atoms with Crippen LogP contribution in [0.1, 0.15) is 41.3 Å². The molecule has 2 N–H and O–H groups in total. The third kappa shape index (κ3) is 5.13. The van der Waals surface area contributed by atoms with Crippen molar-refractivity contribution in [2.75, 3.05) is 13.6 Å². The van der Waals surface area contributed by atoms with Crippen LogP contribution in [0.4, 0.5) is 0 Å². The molecule has 1 aromatic rings. The van der Waals surface area contributed by atoms with E-state index in [-0.39, 0.29) is 30.6 Å². The number of rotatable bonds is 7. The van der Waals surface area contributed by atoms with E-state index in [2.05, 4.69) is 10.6 Å². The van der Waals surface area contributed by atoms with E-state index in [9.17, 15) is 9.59 Å². The van der Waals surface area contributed by atoms with E-state index in [1.54, 1.807) is 0 Å². The minimum absolute atomic E-state index is 0.0184. The fraction of sp³-hybridized carbons (Fsp3) is 0.500. The third-order valence-corrected chi connectivity index (χ3v) is 3.51. The normalized spacial score (nSPS) is 12.0. The molecule has 0 heterocycles. The number of hydrogen-bond acceptors (Lipinski definition) is 3. The van der Waals surface area contributed by atoms with Crippen LogP contribution in [0.5, 0.6) is 0 Å². The van der Waals surface area contributed by atoms with Crippen LogP contribution in [0.25, 0.3) is 0 Å². The van der Waals surface area contributed by atoms with Gasteiger partial charge in [0.25, 0.3) is 0 Å². The van der Waals surface area contributed by atoms with Crippen LogP contribution in [-0.2, 0) is 4.79 Å².